The van der Waals surface area contributed by atoms with Crippen LogP contribution >= 0.6 is 0 Å². The maximum atomic E-state index is 11.6. The number of rotatable bonds is 6. The van der Waals surface area contributed by atoms with Crippen LogP contribution in [0.1, 0.15) is 39.0 Å². The van der Waals surface area contributed by atoms with Crippen molar-refractivity contribution in [3.05, 3.63) is 12.7 Å². The Kier molecular flexibility index (Phi) is 6.16. The quantitative estimate of drug-likeness (QED) is 0.534. The predicted octanol–water partition coefficient (Wildman–Crippen LogP) is 1.85. The van der Waals surface area contributed by atoms with Crippen molar-refractivity contribution >= 4 is 5.91 Å². The molecule has 0 saturated heterocycles. The molecule has 1 amide bonds. The minimum absolute atomic E-state index is 0.0972. The Morgan fingerprint density at radius 1 is 1.44 bits per heavy atom. The van der Waals surface area contributed by atoms with Crippen LogP contribution < -0.4 is 10.6 Å². The van der Waals surface area contributed by atoms with E-state index in [1.807, 2.05) is 0 Å². The van der Waals surface area contributed by atoms with Crippen molar-refractivity contribution in [1.29, 1.82) is 0 Å². The number of carbonyl (C=O) groups excluding carboxylic acids is 1. The minimum atomic E-state index is 0.0972. The van der Waals surface area contributed by atoms with Gasteiger partial charge in [-0.2, -0.15) is 0 Å². The fourth-order valence-corrected chi connectivity index (χ4v) is 2.34. The van der Waals surface area contributed by atoms with Crippen molar-refractivity contribution in [3.8, 4) is 0 Å². The van der Waals surface area contributed by atoms with Gasteiger partial charge in [0.1, 0.15) is 0 Å². The van der Waals surface area contributed by atoms with Crippen LogP contribution in [0.5, 0.6) is 0 Å². The van der Waals surface area contributed by atoms with Crippen LogP contribution in [0.15, 0.2) is 12.7 Å². The first-order valence-corrected chi connectivity index (χ1v) is 6.35. The number of amides is 1. The molecule has 3 nitrogen and oxygen atoms in total. The van der Waals surface area contributed by atoms with Gasteiger partial charge in [0, 0.05) is 12.6 Å². The minimum Gasteiger partial charge on any atom is -0.352 e. The second-order valence-electron chi connectivity index (χ2n) is 4.67. The summed E-state index contributed by atoms with van der Waals surface area (Å²) in [5.41, 5.74) is 0. The summed E-state index contributed by atoms with van der Waals surface area (Å²) in [6.07, 6.45) is 8.29. The first-order valence-electron chi connectivity index (χ1n) is 6.35. The Hall–Kier alpha value is -0.830. The monoisotopic (exact) mass is 224 g/mol. The Morgan fingerprint density at radius 2 is 2.12 bits per heavy atom. The molecule has 1 aliphatic rings. The molecule has 1 aliphatic carbocycles. The molecule has 16 heavy (non-hydrogen) atoms. The molecule has 1 atom stereocenters. The molecule has 3 heteroatoms. The molecular formula is C13H24N2O. The maximum absolute atomic E-state index is 11.6. The second-order valence-corrected chi connectivity index (χ2v) is 4.67. The van der Waals surface area contributed by atoms with Crippen LogP contribution in [0.2, 0.25) is 0 Å². The molecule has 1 fully saturated rings. The lowest BCUT2D eigenvalue weighted by atomic mass is 9.84. The third kappa shape index (κ3) is 4.79. The van der Waals surface area contributed by atoms with Crippen LogP contribution in [0.3, 0.4) is 0 Å². The summed E-state index contributed by atoms with van der Waals surface area (Å²) >= 11 is 0. The van der Waals surface area contributed by atoms with Gasteiger partial charge < -0.3 is 10.6 Å². The lowest BCUT2D eigenvalue weighted by Crippen LogP contribution is -2.43. The zero-order valence-corrected chi connectivity index (χ0v) is 10.3. The van der Waals surface area contributed by atoms with Gasteiger partial charge in [0.2, 0.25) is 5.91 Å². The van der Waals surface area contributed by atoms with Crippen molar-refractivity contribution in [3.63, 3.8) is 0 Å². The smallest absolute Gasteiger partial charge is 0.234 e. The molecule has 2 N–H and O–H groups in total. The fourth-order valence-electron chi connectivity index (χ4n) is 2.34. The zero-order chi connectivity index (χ0) is 11.8. The van der Waals surface area contributed by atoms with Gasteiger partial charge in [-0.25, -0.2) is 0 Å². The highest BCUT2D eigenvalue weighted by atomic mass is 16.1. The lowest BCUT2D eigenvalue weighted by molar-refractivity contribution is -0.121. The predicted molar refractivity (Wildman–Crippen MR) is 67.2 cm³/mol. The highest BCUT2D eigenvalue weighted by molar-refractivity contribution is 5.78. The summed E-state index contributed by atoms with van der Waals surface area (Å²) in [7, 11) is 0. The van der Waals surface area contributed by atoms with E-state index in [1.54, 1.807) is 6.08 Å². The van der Waals surface area contributed by atoms with Crippen LogP contribution in [0.25, 0.3) is 0 Å². The van der Waals surface area contributed by atoms with E-state index in [9.17, 15) is 4.79 Å². The normalized spacial score (nSPS) is 19.1. The average Bonchev–Trinajstić information content (AvgIpc) is 2.30. The Bertz CT molecular complexity index is 222. The molecule has 0 aromatic heterocycles. The van der Waals surface area contributed by atoms with E-state index in [2.05, 4.69) is 24.1 Å². The Morgan fingerprint density at radius 3 is 2.75 bits per heavy atom. The highest BCUT2D eigenvalue weighted by Crippen LogP contribution is 2.26. The van der Waals surface area contributed by atoms with Crippen molar-refractivity contribution in [2.24, 2.45) is 5.92 Å². The van der Waals surface area contributed by atoms with Gasteiger partial charge in [-0.3, -0.25) is 4.79 Å². The van der Waals surface area contributed by atoms with Crippen molar-refractivity contribution < 1.29 is 4.79 Å². The van der Waals surface area contributed by atoms with Crippen molar-refractivity contribution in [2.75, 3.05) is 13.1 Å². The highest BCUT2D eigenvalue weighted by Gasteiger charge is 2.20. The second kappa shape index (κ2) is 7.44. The Balaban J connectivity index is 2.18. The summed E-state index contributed by atoms with van der Waals surface area (Å²) < 4.78 is 0. The first kappa shape index (κ1) is 13.2. The topological polar surface area (TPSA) is 41.1 Å². The molecule has 92 valence electrons. The van der Waals surface area contributed by atoms with E-state index in [-0.39, 0.29) is 5.91 Å². The van der Waals surface area contributed by atoms with Gasteiger partial charge in [0.05, 0.1) is 6.54 Å². The van der Waals surface area contributed by atoms with Crippen LogP contribution in [0, 0.1) is 5.92 Å². The molecular weight excluding hydrogens is 200 g/mol. The number of hydrogen-bond donors (Lipinski definition) is 2. The molecule has 0 radical (unpaired) electrons. The largest absolute Gasteiger partial charge is 0.352 e. The fraction of sp³-hybridized carbons (Fsp3) is 0.769. The van der Waals surface area contributed by atoms with E-state index in [0.29, 0.717) is 25.0 Å². The van der Waals surface area contributed by atoms with Gasteiger partial charge >= 0.3 is 0 Å². The molecule has 1 saturated carbocycles. The number of nitrogens with one attached hydrogen (secondary N) is 2. The van der Waals surface area contributed by atoms with Gasteiger partial charge in [0.15, 0.2) is 0 Å². The average molecular weight is 224 g/mol. The lowest BCUT2D eigenvalue weighted by Gasteiger charge is -2.28. The third-order valence-corrected chi connectivity index (χ3v) is 3.32. The van der Waals surface area contributed by atoms with Crippen LogP contribution in [-0.2, 0) is 4.79 Å². The van der Waals surface area contributed by atoms with Crippen molar-refractivity contribution in [1.82, 2.24) is 10.6 Å². The molecule has 0 aromatic carbocycles. The standard InChI is InChI=1S/C13H24N2O/c1-3-9-14-10-13(16)15-11(2)12-7-5-4-6-8-12/h3,11-12,14H,1,4-10H2,2H3,(H,15,16). The van der Waals surface area contributed by atoms with Gasteiger partial charge in [-0.15, -0.1) is 6.58 Å². The van der Waals surface area contributed by atoms with E-state index >= 15 is 0 Å². The molecule has 1 unspecified atom stereocenters. The first-order chi connectivity index (χ1) is 7.74. The molecule has 1 rings (SSSR count). The number of carbonyl (C=O) groups is 1. The number of hydrogen-bond acceptors (Lipinski definition) is 2. The Labute approximate surface area is 98.7 Å². The van der Waals surface area contributed by atoms with E-state index < -0.39 is 0 Å². The van der Waals surface area contributed by atoms with Gasteiger partial charge in [-0.1, -0.05) is 25.3 Å². The van der Waals surface area contributed by atoms with Gasteiger partial charge in [-0.05, 0) is 25.7 Å². The summed E-state index contributed by atoms with van der Waals surface area (Å²) in [6, 6.07) is 0.318. The summed E-state index contributed by atoms with van der Waals surface area (Å²) in [5, 5.41) is 6.09. The van der Waals surface area contributed by atoms with E-state index in [1.165, 1.54) is 32.1 Å². The van der Waals surface area contributed by atoms with Crippen molar-refractivity contribution in [2.45, 2.75) is 45.1 Å². The SMILES string of the molecule is C=CCNCC(=O)NC(C)C1CCCCC1. The maximum Gasteiger partial charge on any atom is 0.234 e. The molecule has 0 heterocycles. The van der Waals surface area contributed by atoms with Crippen LogP contribution in [0.4, 0.5) is 0 Å². The molecule has 0 spiro atoms. The zero-order valence-electron chi connectivity index (χ0n) is 10.3. The third-order valence-electron chi connectivity index (χ3n) is 3.32. The summed E-state index contributed by atoms with van der Waals surface area (Å²) in [5.74, 6) is 0.775. The summed E-state index contributed by atoms with van der Waals surface area (Å²) in [4.78, 5) is 11.6. The van der Waals surface area contributed by atoms with E-state index in [4.69, 9.17) is 0 Å². The van der Waals surface area contributed by atoms with E-state index in [0.717, 1.165) is 0 Å². The van der Waals surface area contributed by atoms with Gasteiger partial charge in [0.25, 0.3) is 0 Å². The molecule has 0 aromatic rings. The van der Waals surface area contributed by atoms with Crippen LogP contribution in [-0.4, -0.2) is 25.0 Å². The molecule has 0 bridgehead atoms. The summed E-state index contributed by atoms with van der Waals surface area (Å²) in [6.45, 7) is 6.80. The molecule has 0 aliphatic heterocycles.